The van der Waals surface area contributed by atoms with Crippen LogP contribution in [-0.2, 0) is 9.59 Å². The van der Waals surface area contributed by atoms with E-state index in [1.165, 1.54) is 50.7 Å². The molecule has 14 heteroatoms. The highest BCUT2D eigenvalue weighted by Crippen LogP contribution is 2.35. The van der Waals surface area contributed by atoms with E-state index < -0.39 is 29.4 Å². The molecule has 296 valence electrons. The summed E-state index contributed by atoms with van der Waals surface area (Å²) in [7, 11) is 0. The first-order chi connectivity index (χ1) is 27.2. The van der Waals surface area contributed by atoms with Crippen LogP contribution in [0.25, 0.3) is 10.9 Å². The van der Waals surface area contributed by atoms with Gasteiger partial charge in [0.2, 0.25) is 11.8 Å². The maximum atomic E-state index is 14.8. The third kappa shape index (κ3) is 8.80. The number of halogens is 2. The molecular formula is C42H49F2N7O5. The standard InChI is InChI=1S/C23H31F2N3O2.C19H18N4O3/c24-19-14-17(15-20(25)22(19)18-6-7-21(29)26-23(18)30)28-12-10-27(11-13-28)9-8-16-4-2-1-3-5-16;24-18(21-15-2-1-7-23(19(15)25)12-3-4-12)14-8-11-10-20-22-16(11)9-17(14)26-13-5-6-13/h14-16,18H,1-13H2,(H,26,29,30);1-2,7-10,12-13H,3-6H2,(H,20,22)(H,21,24). The predicted molar refractivity (Wildman–Crippen MR) is 208 cm³/mol. The fourth-order valence-electron chi connectivity index (χ4n) is 8.17. The molecule has 3 aliphatic carbocycles. The maximum absolute atomic E-state index is 14.8. The number of fused-ring (bicyclic) bond motifs is 1. The van der Waals surface area contributed by atoms with Crippen molar-refractivity contribution < 1.29 is 27.9 Å². The number of ether oxygens (including phenoxy) is 1. The van der Waals surface area contributed by atoms with Crippen molar-refractivity contribution in [2.75, 3.05) is 42.9 Å². The Hall–Kier alpha value is -5.11. The molecule has 5 aliphatic rings. The molecule has 3 N–H and O–H groups in total. The van der Waals surface area contributed by atoms with Gasteiger partial charge in [-0.05, 0) is 81.3 Å². The fraction of sp³-hybridized carbons (Fsp3) is 0.500. The molecule has 56 heavy (non-hydrogen) atoms. The van der Waals surface area contributed by atoms with E-state index >= 15 is 0 Å². The number of carbonyl (C=O) groups excluding carboxylic acids is 3. The Labute approximate surface area is 323 Å². The second-order valence-corrected chi connectivity index (χ2v) is 15.9. The number of nitrogens with zero attached hydrogens (tertiary/aromatic N) is 4. The number of anilines is 2. The van der Waals surface area contributed by atoms with Crippen LogP contribution in [0.15, 0.2) is 53.6 Å². The third-order valence-corrected chi connectivity index (χ3v) is 11.7. The van der Waals surface area contributed by atoms with Gasteiger partial charge in [-0.2, -0.15) is 5.10 Å². The van der Waals surface area contributed by atoms with Gasteiger partial charge in [0.25, 0.3) is 11.5 Å². The van der Waals surface area contributed by atoms with E-state index in [1.54, 1.807) is 41.2 Å². The van der Waals surface area contributed by atoms with E-state index in [0.717, 1.165) is 75.2 Å². The van der Waals surface area contributed by atoms with E-state index in [0.29, 0.717) is 17.0 Å². The average Bonchev–Trinajstić information content (AvgIpc) is 4.14. The molecule has 2 aromatic carbocycles. The van der Waals surface area contributed by atoms with Crippen LogP contribution >= 0.6 is 0 Å². The quantitative estimate of drug-likeness (QED) is 0.157. The zero-order valence-electron chi connectivity index (χ0n) is 31.5. The number of nitrogens with one attached hydrogen (secondary N) is 3. The number of imide groups is 1. The summed E-state index contributed by atoms with van der Waals surface area (Å²) in [6, 6.07) is 9.89. The van der Waals surface area contributed by atoms with Gasteiger partial charge in [0.1, 0.15) is 23.1 Å². The Morgan fingerprint density at radius 3 is 2.36 bits per heavy atom. The molecule has 1 atom stereocenters. The summed E-state index contributed by atoms with van der Waals surface area (Å²) < 4.78 is 37.2. The molecule has 0 spiro atoms. The van der Waals surface area contributed by atoms with Gasteiger partial charge in [-0.25, -0.2) is 8.78 Å². The number of carbonyl (C=O) groups is 3. The monoisotopic (exact) mass is 769 g/mol. The molecule has 12 nitrogen and oxygen atoms in total. The molecule has 1 unspecified atom stereocenters. The summed E-state index contributed by atoms with van der Waals surface area (Å²) in [5, 5.41) is 12.7. The molecular weight excluding hydrogens is 721 g/mol. The summed E-state index contributed by atoms with van der Waals surface area (Å²) in [6.45, 7) is 4.37. The third-order valence-electron chi connectivity index (χ3n) is 11.7. The average molecular weight is 770 g/mol. The number of aromatic nitrogens is 3. The number of aromatic amines is 1. The van der Waals surface area contributed by atoms with Crippen molar-refractivity contribution in [1.82, 2.24) is 25.0 Å². The Morgan fingerprint density at radius 2 is 1.66 bits per heavy atom. The van der Waals surface area contributed by atoms with Crippen LogP contribution in [0.2, 0.25) is 0 Å². The highest BCUT2D eigenvalue weighted by atomic mass is 19.1. The van der Waals surface area contributed by atoms with Crippen LogP contribution in [0.3, 0.4) is 0 Å². The normalized spacial score (nSPS) is 20.7. The maximum Gasteiger partial charge on any atom is 0.274 e. The molecule has 3 saturated carbocycles. The summed E-state index contributed by atoms with van der Waals surface area (Å²) in [4.78, 5) is 53.3. The molecule has 2 aromatic heterocycles. The summed E-state index contributed by atoms with van der Waals surface area (Å²) in [5.74, 6) is -2.36. The first-order valence-corrected chi connectivity index (χ1v) is 20.2. The van der Waals surface area contributed by atoms with Crippen molar-refractivity contribution in [2.24, 2.45) is 5.92 Å². The lowest BCUT2D eigenvalue weighted by molar-refractivity contribution is -0.134. The van der Waals surface area contributed by atoms with Crippen molar-refractivity contribution in [3.63, 3.8) is 0 Å². The van der Waals surface area contributed by atoms with Crippen LogP contribution in [0.1, 0.15) is 105 Å². The minimum absolute atomic E-state index is 0.0971. The largest absolute Gasteiger partial charge is 0.490 e. The minimum Gasteiger partial charge on any atom is -0.490 e. The van der Waals surface area contributed by atoms with E-state index in [1.807, 2.05) is 4.90 Å². The van der Waals surface area contributed by atoms with Crippen molar-refractivity contribution in [3.05, 3.63) is 81.9 Å². The number of pyridine rings is 1. The van der Waals surface area contributed by atoms with Crippen LogP contribution < -0.4 is 25.8 Å². The van der Waals surface area contributed by atoms with Crippen LogP contribution in [0.4, 0.5) is 20.2 Å². The Morgan fingerprint density at radius 1 is 0.911 bits per heavy atom. The number of hydrogen-bond donors (Lipinski definition) is 3. The van der Waals surface area contributed by atoms with E-state index in [4.69, 9.17) is 4.74 Å². The predicted octanol–water partition coefficient (Wildman–Crippen LogP) is 6.43. The Kier molecular flexibility index (Phi) is 11.2. The number of amides is 3. The number of piperazine rings is 1. The number of piperidine rings is 1. The number of benzene rings is 2. The second kappa shape index (κ2) is 16.5. The molecule has 0 bridgehead atoms. The van der Waals surface area contributed by atoms with Crippen LogP contribution in [0, 0.1) is 17.6 Å². The molecule has 3 amide bonds. The lowest BCUT2D eigenvalue weighted by Gasteiger charge is -2.37. The lowest BCUT2D eigenvalue weighted by atomic mass is 9.87. The Balaban J connectivity index is 0.000000159. The zero-order chi connectivity index (χ0) is 38.8. The summed E-state index contributed by atoms with van der Waals surface area (Å²) in [6.07, 6.45) is 15.9. The molecule has 4 heterocycles. The lowest BCUT2D eigenvalue weighted by Crippen LogP contribution is -2.47. The van der Waals surface area contributed by atoms with Gasteiger partial charge in [-0.3, -0.25) is 34.5 Å². The van der Waals surface area contributed by atoms with Gasteiger partial charge in [-0.1, -0.05) is 32.1 Å². The number of rotatable bonds is 10. The van der Waals surface area contributed by atoms with Crippen LogP contribution in [-0.4, -0.2) is 76.2 Å². The van der Waals surface area contributed by atoms with Gasteiger partial charge >= 0.3 is 0 Å². The fourth-order valence-corrected chi connectivity index (χ4v) is 8.17. The van der Waals surface area contributed by atoms with E-state index in [9.17, 15) is 28.0 Å². The highest BCUT2D eigenvalue weighted by molar-refractivity contribution is 6.08. The van der Waals surface area contributed by atoms with Crippen LogP contribution in [0.5, 0.6) is 5.75 Å². The van der Waals surface area contributed by atoms with Crippen molar-refractivity contribution in [2.45, 2.75) is 95.1 Å². The molecule has 4 aromatic rings. The van der Waals surface area contributed by atoms with Crippen molar-refractivity contribution >= 4 is 40.0 Å². The zero-order valence-corrected chi connectivity index (χ0v) is 31.5. The molecule has 2 aliphatic heterocycles. The first-order valence-electron chi connectivity index (χ1n) is 20.2. The van der Waals surface area contributed by atoms with Crippen molar-refractivity contribution in [1.29, 1.82) is 0 Å². The number of H-pyrrole nitrogens is 1. The molecule has 2 saturated heterocycles. The van der Waals surface area contributed by atoms with Gasteiger partial charge in [0.05, 0.1) is 29.3 Å². The van der Waals surface area contributed by atoms with Gasteiger partial charge in [-0.15, -0.1) is 0 Å². The summed E-state index contributed by atoms with van der Waals surface area (Å²) in [5.41, 5.74) is 1.63. The highest BCUT2D eigenvalue weighted by Gasteiger charge is 2.33. The number of hydrogen-bond acceptors (Lipinski definition) is 8. The minimum atomic E-state index is -0.951. The van der Waals surface area contributed by atoms with Gasteiger partial charge in [0.15, 0.2) is 0 Å². The smallest absolute Gasteiger partial charge is 0.274 e. The van der Waals surface area contributed by atoms with E-state index in [-0.39, 0.29) is 47.7 Å². The van der Waals surface area contributed by atoms with Crippen molar-refractivity contribution in [3.8, 4) is 5.75 Å². The second-order valence-electron chi connectivity index (χ2n) is 15.9. The molecule has 0 radical (unpaired) electrons. The first kappa shape index (κ1) is 37.8. The van der Waals surface area contributed by atoms with Gasteiger partial charge < -0.3 is 19.5 Å². The SMILES string of the molecule is O=C(Nc1cccn(C2CC2)c1=O)c1cc2cn[nH]c2cc1OC1CC1.O=C1CCC(c2c(F)cc(N3CCN(CCC4CCCCC4)CC3)cc2F)C(=O)N1. The molecule has 5 fully saturated rings. The summed E-state index contributed by atoms with van der Waals surface area (Å²) >= 11 is 0. The molecule has 9 rings (SSSR count). The van der Waals surface area contributed by atoms with E-state index in [2.05, 4.69) is 25.7 Å². The topological polar surface area (TPSA) is 142 Å². The van der Waals surface area contributed by atoms with Gasteiger partial charge in [0, 0.05) is 67.5 Å². The Bertz CT molecular complexity index is 2130.